The number of carbonyl (C=O) groups excluding carboxylic acids is 1. The summed E-state index contributed by atoms with van der Waals surface area (Å²) in [4.78, 5) is 39.8. The van der Waals surface area contributed by atoms with Gasteiger partial charge in [0.1, 0.15) is 22.8 Å². The van der Waals surface area contributed by atoms with Crippen LogP contribution in [0.1, 0.15) is 49.9 Å². The number of aromatic carboxylic acids is 1. The van der Waals surface area contributed by atoms with E-state index in [4.69, 9.17) is 43.3 Å². The molecule has 0 aliphatic heterocycles. The summed E-state index contributed by atoms with van der Waals surface area (Å²) in [5.74, 6) is -0.894. The molecule has 0 spiro atoms. The minimum absolute atomic E-state index is 0. The fraction of sp³-hybridized carbons (Fsp3) is 0.267. The van der Waals surface area contributed by atoms with E-state index >= 15 is 0 Å². The second-order valence-corrected chi connectivity index (χ2v) is 11.5. The number of carboxylic acid groups (broad SMARTS) is 1. The minimum atomic E-state index is -1.09. The first-order valence-electron chi connectivity index (χ1n) is 13.6. The minimum Gasteiger partial charge on any atom is -0.870 e. The van der Waals surface area contributed by atoms with Gasteiger partial charge in [-0.15, -0.1) is 0 Å². The fourth-order valence-electron chi connectivity index (χ4n) is 3.74. The average Bonchev–Trinajstić information content (AvgIpc) is 3.06. The number of esters is 1. The molecule has 4 rings (SSSR count). The van der Waals surface area contributed by atoms with Crippen molar-refractivity contribution in [1.82, 2.24) is 19.9 Å². The van der Waals surface area contributed by atoms with Gasteiger partial charge in [0, 0.05) is 35.5 Å². The maximum Gasteiger partial charge on any atom is 1.00 e. The van der Waals surface area contributed by atoms with E-state index in [2.05, 4.69) is 30.6 Å². The van der Waals surface area contributed by atoms with Crippen LogP contribution >= 0.6 is 46.7 Å². The number of hydrogen-bond acceptors (Lipinski definition) is 14. The van der Waals surface area contributed by atoms with E-state index in [9.17, 15) is 9.59 Å². The van der Waals surface area contributed by atoms with Crippen molar-refractivity contribution in [1.29, 1.82) is 0 Å². The van der Waals surface area contributed by atoms with Crippen LogP contribution < -0.4 is 40.2 Å². The van der Waals surface area contributed by atoms with E-state index in [0.29, 0.717) is 50.4 Å². The molecular weight excluding hydrogens is 730 g/mol. The van der Waals surface area contributed by atoms with Crippen molar-refractivity contribution in [3.8, 4) is 0 Å². The topological polar surface area (TPSA) is 241 Å². The van der Waals surface area contributed by atoms with Crippen molar-refractivity contribution < 1.29 is 70.2 Å². The van der Waals surface area contributed by atoms with Crippen LogP contribution in [0.3, 0.4) is 0 Å². The third-order valence-corrected chi connectivity index (χ3v) is 7.95. The molecule has 49 heavy (non-hydrogen) atoms. The molecule has 2 aromatic carbocycles. The maximum absolute atomic E-state index is 12.0. The number of aliphatic hydroxyl groups is 2. The van der Waals surface area contributed by atoms with Crippen molar-refractivity contribution in [2.45, 2.75) is 43.5 Å². The zero-order chi connectivity index (χ0) is 33.6. The van der Waals surface area contributed by atoms with Crippen LogP contribution in [0.5, 0.6) is 0 Å². The number of anilines is 2. The number of rotatable bonds is 13. The smallest absolute Gasteiger partial charge is 0.870 e. The number of nitrogens with zero attached hydrogens (tertiary/aromatic N) is 4. The van der Waals surface area contributed by atoms with Gasteiger partial charge < -0.3 is 41.6 Å². The van der Waals surface area contributed by atoms with Gasteiger partial charge in [-0.2, -0.15) is 0 Å². The molecule has 4 aromatic rings. The summed E-state index contributed by atoms with van der Waals surface area (Å²) < 4.78 is 5.03. The van der Waals surface area contributed by atoms with Crippen LogP contribution in [0, 0.1) is 0 Å². The number of carbonyl (C=O) groups is 2. The van der Waals surface area contributed by atoms with Gasteiger partial charge in [-0.05, 0) is 53.8 Å². The average molecular weight is 766 g/mol. The normalized spacial score (nSPS) is 9.86. The van der Waals surface area contributed by atoms with Crippen molar-refractivity contribution in [2.75, 3.05) is 29.8 Å². The van der Waals surface area contributed by atoms with Gasteiger partial charge in [-0.3, -0.25) is 0 Å². The van der Waals surface area contributed by atoms with Gasteiger partial charge in [-0.25, -0.2) is 29.5 Å². The van der Waals surface area contributed by atoms with Crippen LogP contribution in [0.4, 0.5) is 11.6 Å². The van der Waals surface area contributed by atoms with Crippen LogP contribution in [0.15, 0.2) is 59.1 Å². The summed E-state index contributed by atoms with van der Waals surface area (Å²) in [7, 11) is 0. The first-order chi connectivity index (χ1) is 22.1. The van der Waals surface area contributed by atoms with Gasteiger partial charge in [0.15, 0.2) is 10.3 Å². The molecule has 19 heteroatoms. The largest absolute Gasteiger partial charge is 1.00 e. The van der Waals surface area contributed by atoms with Crippen LogP contribution in [0.2, 0.25) is 10.0 Å². The Kier molecular flexibility index (Phi) is 22.3. The van der Waals surface area contributed by atoms with Crippen LogP contribution in [-0.2, 0) is 31.0 Å². The number of aliphatic hydroxyl groups excluding tert-OH is 2. The molecule has 260 valence electrons. The Morgan fingerprint density at radius 1 is 0.816 bits per heavy atom. The van der Waals surface area contributed by atoms with Gasteiger partial charge >= 0.3 is 41.5 Å². The summed E-state index contributed by atoms with van der Waals surface area (Å²) in [5, 5.41) is 35.5. The Morgan fingerprint density at radius 2 is 1.24 bits per heavy atom. The standard InChI is InChI=1S/C16H18ClN3O3S.C14H14ClN3O3S.Na.2H2O/c1-3-23-15(22)12-8-19-16(24-2)20-14(12)18-7-10-4-5-11(9-21)13(17)6-10;1-22-14-17-6-10(13(20)21)12(18-14)16-5-8-2-3-9(7-19)11(15)4-8;;;/h4-6,8,21H,3,7,9H2,1-2H3,(H,18,19,20);2-4,6,19H,5,7H2,1H3,(H,20,21)(H,16,17,18);;2*1H2/q;;+1;;/p-1. The van der Waals surface area contributed by atoms with E-state index in [1.807, 2.05) is 24.6 Å². The Hall–Kier alpha value is -2.74. The summed E-state index contributed by atoms with van der Waals surface area (Å²) in [6.07, 6.45) is 6.41. The number of benzene rings is 2. The number of nitrogens with one attached hydrogen (secondary N) is 2. The van der Waals surface area contributed by atoms with E-state index in [1.165, 1.54) is 35.9 Å². The van der Waals surface area contributed by atoms with E-state index in [-0.39, 0.29) is 77.3 Å². The zero-order valence-electron chi connectivity index (χ0n) is 27.0. The van der Waals surface area contributed by atoms with E-state index in [1.54, 1.807) is 31.2 Å². The monoisotopic (exact) mass is 764 g/mol. The molecule has 0 radical (unpaired) electrons. The molecule has 0 saturated heterocycles. The summed E-state index contributed by atoms with van der Waals surface area (Å²) >= 11 is 14.8. The number of halogens is 2. The van der Waals surface area contributed by atoms with Gasteiger partial charge in [0.25, 0.3) is 0 Å². The van der Waals surface area contributed by atoms with E-state index in [0.717, 1.165) is 11.1 Å². The summed E-state index contributed by atoms with van der Waals surface area (Å²) in [6, 6.07) is 10.6. The van der Waals surface area contributed by atoms with Crippen molar-refractivity contribution in [3.63, 3.8) is 0 Å². The number of aromatic nitrogens is 4. The molecule has 2 heterocycles. The number of hydrogen-bond donors (Lipinski definition) is 5. The molecule has 0 fully saturated rings. The first-order valence-corrected chi connectivity index (χ1v) is 16.8. The molecule has 0 unspecified atom stereocenters. The molecule has 0 aliphatic rings. The third-order valence-electron chi connectivity index (χ3n) is 6.12. The van der Waals surface area contributed by atoms with Crippen molar-refractivity contribution >= 4 is 70.3 Å². The first kappa shape index (κ1) is 46.3. The molecule has 0 saturated carbocycles. The predicted octanol–water partition coefficient (Wildman–Crippen LogP) is 1.79. The molecule has 0 atom stereocenters. The maximum atomic E-state index is 12.0. The van der Waals surface area contributed by atoms with Gasteiger partial charge in [0.2, 0.25) is 0 Å². The van der Waals surface area contributed by atoms with Gasteiger partial charge in [0.05, 0.1) is 19.8 Å². The molecule has 14 nitrogen and oxygen atoms in total. The Bertz CT molecular complexity index is 1680. The van der Waals surface area contributed by atoms with Gasteiger partial charge in [-0.1, -0.05) is 71.0 Å². The third kappa shape index (κ3) is 13.8. The quantitative estimate of drug-likeness (QED) is 0.0564. The molecule has 8 N–H and O–H groups in total. The summed E-state index contributed by atoms with van der Waals surface area (Å²) in [6.45, 7) is 2.56. The second kappa shape index (κ2) is 23.6. The van der Waals surface area contributed by atoms with Crippen molar-refractivity contribution in [3.05, 3.63) is 92.2 Å². The number of thioether (sulfide) groups is 2. The molecule has 0 amide bonds. The van der Waals surface area contributed by atoms with Crippen LogP contribution in [-0.4, -0.2) is 77.3 Å². The molecule has 0 aliphatic carbocycles. The molecule has 0 bridgehead atoms. The van der Waals surface area contributed by atoms with Crippen molar-refractivity contribution in [2.24, 2.45) is 0 Å². The summed E-state index contributed by atoms with van der Waals surface area (Å²) in [5.41, 5.74) is 3.35. The zero-order valence-corrected chi connectivity index (χ0v) is 32.2. The molecule has 2 aromatic heterocycles. The van der Waals surface area contributed by atoms with Crippen LogP contribution in [0.25, 0.3) is 0 Å². The fourth-order valence-corrected chi connectivity index (χ4v) is 4.95. The predicted molar refractivity (Wildman–Crippen MR) is 185 cm³/mol. The van der Waals surface area contributed by atoms with E-state index < -0.39 is 11.9 Å². The Morgan fingerprint density at radius 3 is 1.61 bits per heavy atom. The number of carboxylic acids is 1. The molecular formula is C30H35Cl2N6NaO8S2. The Balaban J connectivity index is 0.000000889. The number of ether oxygens (including phenoxy) is 1. The Labute approximate surface area is 323 Å². The second-order valence-electron chi connectivity index (χ2n) is 9.14. The SMILES string of the molecule is CCOC(=O)c1cnc(SC)nc1NCc1ccc(CO)c(Cl)c1.CSc1ncc(C(=O)O)c(NCc2ccc(CO)c(Cl)c2)n1.O.[Na+].[OH-].